The van der Waals surface area contributed by atoms with Crippen LogP contribution >= 0.6 is 23.1 Å². The normalized spacial score (nSPS) is 12.1. The number of rotatable bonds is 7. The van der Waals surface area contributed by atoms with Gasteiger partial charge in [-0.05, 0) is 18.9 Å². The van der Waals surface area contributed by atoms with Crippen molar-refractivity contribution in [3.05, 3.63) is 47.0 Å². The Hall–Kier alpha value is -2.39. The van der Waals surface area contributed by atoms with Gasteiger partial charge in [-0.1, -0.05) is 49.0 Å². The predicted octanol–water partition coefficient (Wildman–Crippen LogP) is 3.51. The zero-order valence-electron chi connectivity index (χ0n) is 14.5. The third-order valence-electron chi connectivity index (χ3n) is 3.75. The van der Waals surface area contributed by atoms with Crippen LogP contribution in [0.2, 0.25) is 0 Å². The van der Waals surface area contributed by atoms with Crippen molar-refractivity contribution in [3.8, 4) is 0 Å². The molecule has 2 heterocycles. The molecule has 1 aromatic carbocycles. The van der Waals surface area contributed by atoms with E-state index in [0.717, 1.165) is 11.4 Å². The first kappa shape index (κ1) is 18.4. The maximum absolute atomic E-state index is 12.7. The molecule has 0 spiro atoms. The Bertz CT molecular complexity index is 877. The van der Waals surface area contributed by atoms with Crippen molar-refractivity contribution < 1.29 is 4.79 Å². The number of benzene rings is 1. The van der Waals surface area contributed by atoms with E-state index in [0.29, 0.717) is 16.7 Å². The van der Waals surface area contributed by atoms with Crippen molar-refractivity contribution in [1.82, 2.24) is 19.7 Å². The number of hydrogen-bond donors (Lipinski definition) is 2. The summed E-state index contributed by atoms with van der Waals surface area (Å²) in [6, 6.07) is 9.57. The van der Waals surface area contributed by atoms with E-state index in [9.17, 15) is 4.79 Å². The molecule has 0 aliphatic heterocycles. The molecule has 7 nitrogen and oxygen atoms in total. The molecule has 1 amide bonds. The molecule has 2 aromatic heterocycles. The van der Waals surface area contributed by atoms with E-state index in [1.165, 1.54) is 28.7 Å². The summed E-state index contributed by atoms with van der Waals surface area (Å²) in [6.45, 7) is 3.82. The first-order valence-corrected chi connectivity index (χ1v) is 10.0. The third-order valence-corrected chi connectivity index (χ3v) is 5.64. The number of thiazole rings is 1. The lowest BCUT2D eigenvalue weighted by Crippen LogP contribution is -2.27. The molecule has 0 fully saturated rings. The van der Waals surface area contributed by atoms with Gasteiger partial charge in [-0.3, -0.25) is 9.36 Å². The molecular weight excluding hydrogens is 368 g/mol. The molecule has 3 aromatic rings. The lowest BCUT2D eigenvalue weighted by Gasteiger charge is -2.18. The number of nitrogens with one attached hydrogen (secondary N) is 1. The summed E-state index contributed by atoms with van der Waals surface area (Å²) >= 11 is 2.91. The van der Waals surface area contributed by atoms with Crippen molar-refractivity contribution >= 4 is 40.1 Å². The molecule has 3 rings (SSSR count). The zero-order valence-corrected chi connectivity index (χ0v) is 16.2. The average molecular weight is 389 g/mol. The topological polar surface area (TPSA) is 98.7 Å². The number of carbonyl (C=O) groups is 1. The van der Waals surface area contributed by atoms with Crippen LogP contribution in [-0.4, -0.2) is 25.7 Å². The summed E-state index contributed by atoms with van der Waals surface area (Å²) in [7, 11) is 0. The fraction of sp³-hybridized carbons (Fsp3) is 0.294. The van der Waals surface area contributed by atoms with E-state index in [2.05, 4.69) is 20.5 Å². The molecule has 0 radical (unpaired) electrons. The smallest absolute Gasteiger partial charge is 0.249 e. The lowest BCUT2D eigenvalue weighted by molar-refractivity contribution is -0.119. The minimum absolute atomic E-state index is 0.171. The Labute approximate surface area is 160 Å². The number of anilines is 2. The molecule has 3 N–H and O–H groups in total. The molecule has 9 heteroatoms. The van der Waals surface area contributed by atoms with Gasteiger partial charge < -0.3 is 11.1 Å². The van der Waals surface area contributed by atoms with E-state index in [1.54, 1.807) is 4.57 Å². The molecule has 1 atom stereocenters. The maximum atomic E-state index is 12.7. The molecule has 26 heavy (non-hydrogen) atoms. The van der Waals surface area contributed by atoms with Crippen LogP contribution in [0.1, 0.15) is 30.6 Å². The average Bonchev–Trinajstić information content (AvgIpc) is 3.21. The Morgan fingerprint density at radius 2 is 2.12 bits per heavy atom. The number of nitrogens with two attached hydrogens (primary N) is 1. The van der Waals surface area contributed by atoms with Crippen LogP contribution in [-0.2, 0) is 10.5 Å². The molecule has 136 valence electrons. The standard InChI is InChI=1S/C17H20N6OS2/c1-3-13(14(24)20-16-19-11(2)9-25-16)23-15(18)21-22-17(23)26-10-12-7-5-4-6-8-12/h4-9,13H,3,10H2,1-2H3,(H2,18,21)(H,19,20,24). The second kappa shape index (κ2) is 8.33. The summed E-state index contributed by atoms with van der Waals surface area (Å²) in [5.41, 5.74) is 8.05. The number of aryl methyl sites for hydroxylation is 1. The van der Waals surface area contributed by atoms with Gasteiger partial charge in [0.15, 0.2) is 10.3 Å². The van der Waals surface area contributed by atoms with Gasteiger partial charge in [0.1, 0.15) is 6.04 Å². The first-order chi connectivity index (χ1) is 12.6. The highest BCUT2D eigenvalue weighted by Crippen LogP contribution is 2.28. The first-order valence-electron chi connectivity index (χ1n) is 8.18. The van der Waals surface area contributed by atoms with Gasteiger partial charge in [0.25, 0.3) is 0 Å². The van der Waals surface area contributed by atoms with Crippen LogP contribution < -0.4 is 11.1 Å². The van der Waals surface area contributed by atoms with Crippen LogP contribution in [0.5, 0.6) is 0 Å². The molecule has 0 bridgehead atoms. The minimum Gasteiger partial charge on any atom is -0.368 e. The highest BCUT2D eigenvalue weighted by atomic mass is 32.2. The van der Waals surface area contributed by atoms with Gasteiger partial charge in [0, 0.05) is 11.1 Å². The van der Waals surface area contributed by atoms with Crippen molar-refractivity contribution in [2.24, 2.45) is 0 Å². The highest BCUT2D eigenvalue weighted by Gasteiger charge is 2.25. The molecular formula is C17H20N6OS2. The number of nitrogen functional groups attached to an aromatic ring is 1. The quantitative estimate of drug-likeness (QED) is 0.601. The fourth-order valence-electron chi connectivity index (χ4n) is 2.49. The molecule has 0 saturated carbocycles. The lowest BCUT2D eigenvalue weighted by atomic mass is 10.2. The van der Waals surface area contributed by atoms with E-state index < -0.39 is 6.04 Å². The summed E-state index contributed by atoms with van der Waals surface area (Å²) in [5, 5.41) is 14.1. The van der Waals surface area contributed by atoms with Gasteiger partial charge in [-0.15, -0.1) is 21.5 Å². The van der Waals surface area contributed by atoms with Gasteiger partial charge in [0.05, 0.1) is 5.69 Å². The van der Waals surface area contributed by atoms with Crippen molar-refractivity contribution in [3.63, 3.8) is 0 Å². The van der Waals surface area contributed by atoms with Crippen LogP contribution in [0.3, 0.4) is 0 Å². The second-order valence-electron chi connectivity index (χ2n) is 5.69. The molecule has 0 aliphatic rings. The van der Waals surface area contributed by atoms with Gasteiger partial charge in [0.2, 0.25) is 11.9 Å². The van der Waals surface area contributed by atoms with Crippen LogP contribution in [0.4, 0.5) is 11.1 Å². The zero-order chi connectivity index (χ0) is 18.5. The number of amides is 1. The number of carbonyl (C=O) groups excluding carboxylic acids is 1. The van der Waals surface area contributed by atoms with Crippen LogP contribution in [0, 0.1) is 6.92 Å². The summed E-state index contributed by atoms with van der Waals surface area (Å²) in [6.07, 6.45) is 0.567. The molecule has 1 unspecified atom stereocenters. The second-order valence-corrected chi connectivity index (χ2v) is 7.49. The van der Waals surface area contributed by atoms with Gasteiger partial charge in [-0.25, -0.2) is 4.98 Å². The number of hydrogen-bond acceptors (Lipinski definition) is 7. The largest absolute Gasteiger partial charge is 0.368 e. The van der Waals surface area contributed by atoms with Crippen molar-refractivity contribution in [2.75, 3.05) is 11.1 Å². The van der Waals surface area contributed by atoms with Crippen LogP contribution in [0.15, 0.2) is 40.9 Å². The van der Waals surface area contributed by atoms with E-state index in [4.69, 9.17) is 5.73 Å². The highest BCUT2D eigenvalue weighted by molar-refractivity contribution is 7.98. The monoisotopic (exact) mass is 388 g/mol. The van der Waals surface area contributed by atoms with E-state index in [-0.39, 0.29) is 11.9 Å². The van der Waals surface area contributed by atoms with Crippen molar-refractivity contribution in [1.29, 1.82) is 0 Å². The van der Waals surface area contributed by atoms with E-state index >= 15 is 0 Å². The van der Waals surface area contributed by atoms with Crippen LogP contribution in [0.25, 0.3) is 0 Å². The minimum atomic E-state index is -0.493. The molecule has 0 aliphatic carbocycles. The van der Waals surface area contributed by atoms with Crippen molar-refractivity contribution in [2.45, 2.75) is 37.2 Å². The Balaban J connectivity index is 1.77. The predicted molar refractivity (Wildman–Crippen MR) is 105 cm³/mol. The van der Waals surface area contributed by atoms with Gasteiger partial charge >= 0.3 is 0 Å². The third kappa shape index (κ3) is 4.23. The fourth-order valence-corrected chi connectivity index (χ4v) is 4.12. The summed E-state index contributed by atoms with van der Waals surface area (Å²) in [5.74, 6) is 0.788. The Kier molecular flexibility index (Phi) is 5.89. The Morgan fingerprint density at radius 3 is 2.77 bits per heavy atom. The number of thioether (sulfide) groups is 1. The number of nitrogens with zero attached hydrogens (tertiary/aromatic N) is 4. The molecule has 0 saturated heterocycles. The maximum Gasteiger partial charge on any atom is 0.249 e. The SMILES string of the molecule is CCC(C(=O)Nc1nc(C)cs1)n1c(N)nnc1SCc1ccccc1. The number of aromatic nitrogens is 4. The van der Waals surface area contributed by atoms with Gasteiger partial charge in [-0.2, -0.15) is 0 Å². The summed E-state index contributed by atoms with van der Waals surface area (Å²) in [4.78, 5) is 17.0. The summed E-state index contributed by atoms with van der Waals surface area (Å²) < 4.78 is 1.70. The Morgan fingerprint density at radius 1 is 1.35 bits per heavy atom. The van der Waals surface area contributed by atoms with E-state index in [1.807, 2.05) is 49.6 Å².